The summed E-state index contributed by atoms with van der Waals surface area (Å²) in [6.45, 7) is 1.00. The fraction of sp³-hybridized carbons (Fsp3) is 0.364. The Hall–Kier alpha value is -1.06. The lowest BCUT2D eigenvalue weighted by atomic mass is 10.0. The van der Waals surface area contributed by atoms with Crippen LogP contribution in [0.15, 0.2) is 18.2 Å². The molecule has 1 fully saturated rings. The Morgan fingerprint density at radius 3 is 2.87 bits per heavy atom. The molecule has 0 bridgehead atoms. The van der Waals surface area contributed by atoms with Crippen LogP contribution in [0.3, 0.4) is 0 Å². The number of rotatable bonds is 2. The van der Waals surface area contributed by atoms with Gasteiger partial charge in [0, 0.05) is 11.1 Å². The van der Waals surface area contributed by atoms with Crippen molar-refractivity contribution in [3.05, 3.63) is 34.3 Å². The Balaban J connectivity index is 2.29. The minimum absolute atomic E-state index is 0.238. The first-order valence-corrected chi connectivity index (χ1v) is 5.32. The van der Waals surface area contributed by atoms with Crippen LogP contribution < -0.4 is 5.32 Å². The minimum Gasteiger partial charge on any atom is -0.478 e. The van der Waals surface area contributed by atoms with Gasteiger partial charge in [0.15, 0.2) is 0 Å². The van der Waals surface area contributed by atoms with Gasteiger partial charge in [-0.15, -0.1) is 0 Å². The van der Waals surface area contributed by atoms with Crippen molar-refractivity contribution in [3.8, 4) is 0 Å². The summed E-state index contributed by atoms with van der Waals surface area (Å²) in [5.41, 5.74) is 1.24. The summed E-state index contributed by atoms with van der Waals surface area (Å²) in [6, 6.07) is 5.19. The highest BCUT2D eigenvalue weighted by Crippen LogP contribution is 2.29. The molecule has 1 aliphatic rings. The number of carboxylic acids is 1. The summed E-state index contributed by atoms with van der Waals surface area (Å²) in [4.78, 5) is 10.7. The number of halogens is 1. The summed E-state index contributed by atoms with van der Waals surface area (Å²) < 4.78 is 0. The predicted molar refractivity (Wildman–Crippen MR) is 58.4 cm³/mol. The lowest BCUT2D eigenvalue weighted by Gasteiger charge is -2.12. The second-order valence-electron chi connectivity index (χ2n) is 3.69. The molecule has 2 N–H and O–H groups in total. The molecule has 0 radical (unpaired) electrons. The highest BCUT2D eigenvalue weighted by atomic mass is 35.5. The predicted octanol–water partition coefficient (Wildman–Crippen LogP) is 2.46. The maximum absolute atomic E-state index is 10.7. The smallest absolute Gasteiger partial charge is 0.335 e. The zero-order valence-electron chi connectivity index (χ0n) is 8.16. The summed E-state index contributed by atoms with van der Waals surface area (Å²) in [7, 11) is 0. The molecule has 0 aromatic heterocycles. The van der Waals surface area contributed by atoms with Gasteiger partial charge in [-0.25, -0.2) is 4.79 Å². The Labute approximate surface area is 93.1 Å². The molecular weight excluding hydrogens is 214 g/mol. The third-order valence-corrected chi connectivity index (χ3v) is 3.01. The van der Waals surface area contributed by atoms with Gasteiger partial charge in [-0.1, -0.05) is 17.7 Å². The van der Waals surface area contributed by atoms with Crippen LogP contribution in [0.25, 0.3) is 0 Å². The fourth-order valence-electron chi connectivity index (χ4n) is 1.89. The first kappa shape index (κ1) is 10.5. The van der Waals surface area contributed by atoms with Crippen molar-refractivity contribution in [1.29, 1.82) is 0 Å². The van der Waals surface area contributed by atoms with E-state index in [2.05, 4.69) is 5.32 Å². The summed E-state index contributed by atoms with van der Waals surface area (Å²) >= 11 is 6.05. The molecule has 2 rings (SSSR count). The second-order valence-corrected chi connectivity index (χ2v) is 4.10. The monoisotopic (exact) mass is 225 g/mol. The Morgan fingerprint density at radius 1 is 1.53 bits per heavy atom. The molecule has 1 heterocycles. The lowest BCUT2D eigenvalue weighted by Crippen LogP contribution is -2.13. The molecule has 1 saturated heterocycles. The van der Waals surface area contributed by atoms with Crippen LogP contribution in [0.4, 0.5) is 0 Å². The van der Waals surface area contributed by atoms with E-state index in [1.165, 1.54) is 6.07 Å². The van der Waals surface area contributed by atoms with Crippen molar-refractivity contribution >= 4 is 17.6 Å². The summed E-state index contributed by atoms with van der Waals surface area (Å²) in [5, 5.41) is 12.7. The van der Waals surface area contributed by atoms with E-state index in [-0.39, 0.29) is 11.6 Å². The van der Waals surface area contributed by atoms with Gasteiger partial charge in [-0.05, 0) is 37.1 Å². The van der Waals surface area contributed by atoms with Crippen LogP contribution in [0, 0.1) is 0 Å². The van der Waals surface area contributed by atoms with Gasteiger partial charge < -0.3 is 10.4 Å². The van der Waals surface area contributed by atoms with E-state index in [0.29, 0.717) is 5.02 Å². The Morgan fingerprint density at radius 2 is 2.33 bits per heavy atom. The zero-order chi connectivity index (χ0) is 10.8. The van der Waals surface area contributed by atoms with E-state index >= 15 is 0 Å². The van der Waals surface area contributed by atoms with Crippen LogP contribution in [-0.4, -0.2) is 17.6 Å². The summed E-state index contributed by atoms with van der Waals surface area (Å²) in [6.07, 6.45) is 2.20. The van der Waals surface area contributed by atoms with Crippen LogP contribution >= 0.6 is 11.6 Å². The second kappa shape index (κ2) is 4.21. The lowest BCUT2D eigenvalue weighted by molar-refractivity contribution is 0.0697. The van der Waals surface area contributed by atoms with Crippen molar-refractivity contribution in [3.63, 3.8) is 0 Å². The maximum Gasteiger partial charge on any atom is 0.335 e. The first-order chi connectivity index (χ1) is 7.18. The van der Waals surface area contributed by atoms with Gasteiger partial charge in [0.2, 0.25) is 0 Å². The number of aromatic carboxylic acids is 1. The average molecular weight is 226 g/mol. The Bertz CT molecular complexity index is 386. The molecule has 3 nitrogen and oxygen atoms in total. The SMILES string of the molecule is O=C(O)c1ccc([C@H]2CCCN2)c(Cl)c1. The number of nitrogens with one attached hydrogen (secondary N) is 1. The van der Waals surface area contributed by atoms with Crippen molar-refractivity contribution in [1.82, 2.24) is 5.32 Å². The highest BCUT2D eigenvalue weighted by Gasteiger charge is 2.19. The summed E-state index contributed by atoms with van der Waals surface area (Å²) in [5.74, 6) is -0.942. The van der Waals surface area contributed by atoms with E-state index in [1.807, 2.05) is 0 Å². The highest BCUT2D eigenvalue weighted by molar-refractivity contribution is 6.31. The molecule has 1 atom stereocenters. The maximum atomic E-state index is 10.7. The molecule has 0 aliphatic carbocycles. The average Bonchev–Trinajstić information content (AvgIpc) is 2.70. The molecule has 4 heteroatoms. The number of hydrogen-bond donors (Lipinski definition) is 2. The standard InChI is InChI=1S/C11H12ClNO2/c12-9-6-7(11(14)15)3-4-8(9)10-2-1-5-13-10/h3-4,6,10,13H,1-2,5H2,(H,14,15)/t10-/m1/s1. The van der Waals surface area contributed by atoms with Crippen molar-refractivity contribution in [2.75, 3.05) is 6.54 Å². The molecule has 1 aromatic carbocycles. The van der Waals surface area contributed by atoms with Gasteiger partial charge in [-0.2, -0.15) is 0 Å². The molecule has 0 amide bonds. The normalized spacial score (nSPS) is 20.5. The molecule has 0 saturated carbocycles. The molecular formula is C11H12ClNO2. The Kier molecular flexibility index (Phi) is 2.93. The topological polar surface area (TPSA) is 49.3 Å². The molecule has 0 spiro atoms. The minimum atomic E-state index is -0.942. The van der Waals surface area contributed by atoms with Crippen LogP contribution in [-0.2, 0) is 0 Å². The van der Waals surface area contributed by atoms with E-state index in [4.69, 9.17) is 16.7 Å². The fourth-order valence-corrected chi connectivity index (χ4v) is 2.21. The van der Waals surface area contributed by atoms with Gasteiger partial charge in [0.25, 0.3) is 0 Å². The van der Waals surface area contributed by atoms with Crippen molar-refractivity contribution in [2.24, 2.45) is 0 Å². The zero-order valence-corrected chi connectivity index (χ0v) is 8.92. The number of hydrogen-bond acceptors (Lipinski definition) is 2. The van der Waals surface area contributed by atoms with E-state index in [1.54, 1.807) is 12.1 Å². The third-order valence-electron chi connectivity index (χ3n) is 2.68. The van der Waals surface area contributed by atoms with Crippen LogP contribution in [0.2, 0.25) is 5.02 Å². The number of carbonyl (C=O) groups is 1. The van der Waals surface area contributed by atoms with E-state index in [9.17, 15) is 4.79 Å². The number of benzene rings is 1. The van der Waals surface area contributed by atoms with Gasteiger partial charge in [0.1, 0.15) is 0 Å². The number of carboxylic acid groups (broad SMARTS) is 1. The molecule has 15 heavy (non-hydrogen) atoms. The van der Waals surface area contributed by atoms with Gasteiger partial charge in [-0.3, -0.25) is 0 Å². The van der Waals surface area contributed by atoms with Gasteiger partial charge >= 0.3 is 5.97 Å². The quantitative estimate of drug-likeness (QED) is 0.813. The van der Waals surface area contributed by atoms with Crippen molar-refractivity contribution in [2.45, 2.75) is 18.9 Å². The molecule has 0 unspecified atom stereocenters. The van der Waals surface area contributed by atoms with E-state index < -0.39 is 5.97 Å². The molecule has 1 aliphatic heterocycles. The molecule has 80 valence electrons. The van der Waals surface area contributed by atoms with Crippen molar-refractivity contribution < 1.29 is 9.90 Å². The van der Waals surface area contributed by atoms with Gasteiger partial charge in [0.05, 0.1) is 5.56 Å². The third kappa shape index (κ3) is 2.13. The molecule has 1 aromatic rings. The van der Waals surface area contributed by atoms with Crippen LogP contribution in [0.1, 0.15) is 34.8 Å². The first-order valence-electron chi connectivity index (χ1n) is 4.94. The largest absolute Gasteiger partial charge is 0.478 e. The van der Waals surface area contributed by atoms with E-state index in [0.717, 1.165) is 24.9 Å². The van der Waals surface area contributed by atoms with Crippen LogP contribution in [0.5, 0.6) is 0 Å².